The lowest BCUT2D eigenvalue weighted by Crippen LogP contribution is -2.50. The van der Waals surface area contributed by atoms with Gasteiger partial charge in [0, 0.05) is 36.4 Å². The minimum Gasteiger partial charge on any atom is -0.348 e. The number of nitrogens with zero attached hydrogens (tertiary/aromatic N) is 8. The SMILES string of the molecule is CC1CN2C(=O)N(CC3CC3)c3nn(Cc4ccnc5ccc(Cl)cc45)c(-c4cc(C#N)cn4C)c3C2=N1. The van der Waals surface area contributed by atoms with E-state index in [2.05, 4.69) is 11.1 Å². The first-order valence-electron chi connectivity index (χ1n) is 12.8. The molecule has 0 saturated heterocycles. The normalized spacial score (nSPS) is 18.5. The largest absolute Gasteiger partial charge is 0.348 e. The molecule has 9 nitrogen and oxygen atoms in total. The number of aryl methyl sites for hydroxylation is 1. The maximum atomic E-state index is 13.7. The number of carbonyl (C=O) groups is 1. The highest BCUT2D eigenvalue weighted by molar-refractivity contribution is 6.31. The molecule has 1 atom stereocenters. The van der Waals surface area contributed by atoms with E-state index in [1.165, 1.54) is 0 Å². The van der Waals surface area contributed by atoms with Crippen molar-refractivity contribution in [2.75, 3.05) is 18.0 Å². The van der Waals surface area contributed by atoms with Crippen molar-refractivity contribution in [2.24, 2.45) is 18.0 Å². The molecule has 190 valence electrons. The van der Waals surface area contributed by atoms with Gasteiger partial charge >= 0.3 is 6.03 Å². The molecule has 1 unspecified atom stereocenters. The number of pyridine rings is 1. The Morgan fingerprint density at radius 2 is 2.05 bits per heavy atom. The topological polar surface area (TPSA) is 95.3 Å². The van der Waals surface area contributed by atoms with Gasteiger partial charge in [-0.05, 0) is 61.6 Å². The van der Waals surface area contributed by atoms with Crippen LogP contribution in [0.1, 0.15) is 36.5 Å². The van der Waals surface area contributed by atoms with E-state index in [0.29, 0.717) is 47.8 Å². The minimum atomic E-state index is -0.0607. The first kappa shape index (κ1) is 23.0. The maximum Gasteiger partial charge on any atom is 0.331 e. The monoisotopic (exact) mass is 524 g/mol. The van der Waals surface area contributed by atoms with E-state index >= 15 is 0 Å². The van der Waals surface area contributed by atoms with Gasteiger partial charge in [-0.25, -0.2) is 4.79 Å². The van der Waals surface area contributed by atoms with E-state index in [-0.39, 0.29) is 12.1 Å². The Balaban J connectivity index is 1.48. The molecule has 1 aromatic carbocycles. The number of nitriles is 1. The van der Waals surface area contributed by atoms with E-state index in [0.717, 1.165) is 46.3 Å². The van der Waals surface area contributed by atoms with Crippen LogP contribution in [0.2, 0.25) is 5.02 Å². The summed E-state index contributed by atoms with van der Waals surface area (Å²) < 4.78 is 3.89. The van der Waals surface area contributed by atoms with Gasteiger partial charge in [0.2, 0.25) is 0 Å². The summed E-state index contributed by atoms with van der Waals surface area (Å²) >= 11 is 6.36. The number of rotatable bonds is 5. The molecule has 5 heterocycles. The fourth-order valence-electron chi connectivity index (χ4n) is 5.55. The number of aromatic nitrogens is 4. The van der Waals surface area contributed by atoms with Gasteiger partial charge in [-0.3, -0.25) is 24.5 Å². The summed E-state index contributed by atoms with van der Waals surface area (Å²) in [5, 5.41) is 16.3. The van der Waals surface area contributed by atoms with Crippen molar-refractivity contribution in [1.29, 1.82) is 5.26 Å². The lowest BCUT2D eigenvalue weighted by Gasteiger charge is -2.32. The quantitative estimate of drug-likeness (QED) is 0.374. The lowest BCUT2D eigenvalue weighted by atomic mass is 10.1. The van der Waals surface area contributed by atoms with Crippen molar-refractivity contribution in [1.82, 2.24) is 24.2 Å². The molecule has 3 aliphatic rings. The predicted octanol–water partition coefficient (Wildman–Crippen LogP) is 4.81. The second-order valence-electron chi connectivity index (χ2n) is 10.4. The summed E-state index contributed by atoms with van der Waals surface area (Å²) in [7, 11) is 1.92. The zero-order chi connectivity index (χ0) is 26.1. The molecule has 1 saturated carbocycles. The van der Waals surface area contributed by atoms with Crippen LogP contribution in [0.15, 0.2) is 47.7 Å². The van der Waals surface area contributed by atoms with Crippen LogP contribution < -0.4 is 4.90 Å². The molecule has 4 aromatic rings. The van der Waals surface area contributed by atoms with Gasteiger partial charge in [-0.15, -0.1) is 0 Å². The Kier molecular flexibility index (Phi) is 5.10. The second kappa shape index (κ2) is 8.43. The van der Waals surface area contributed by atoms with Gasteiger partial charge in [-0.1, -0.05) is 11.6 Å². The Bertz CT molecular complexity index is 1710. The van der Waals surface area contributed by atoms with Crippen LogP contribution in [0.25, 0.3) is 22.3 Å². The van der Waals surface area contributed by atoms with Crippen LogP contribution in [0.4, 0.5) is 10.6 Å². The van der Waals surface area contributed by atoms with Gasteiger partial charge in [0.25, 0.3) is 0 Å². The fraction of sp³-hybridized carbons (Fsp3) is 0.321. The summed E-state index contributed by atoms with van der Waals surface area (Å²) in [6, 6.07) is 11.7. The number of fused-ring (bicyclic) bond motifs is 4. The van der Waals surface area contributed by atoms with Crippen molar-refractivity contribution >= 4 is 40.2 Å². The third-order valence-corrected chi connectivity index (χ3v) is 7.78. The van der Waals surface area contributed by atoms with E-state index in [4.69, 9.17) is 21.7 Å². The molecular formula is C28H25ClN8O. The number of hydrogen-bond acceptors (Lipinski definition) is 5. The van der Waals surface area contributed by atoms with Gasteiger partial charge in [0.1, 0.15) is 11.9 Å². The molecule has 7 rings (SSSR count). The van der Waals surface area contributed by atoms with E-state index < -0.39 is 0 Å². The van der Waals surface area contributed by atoms with Crippen molar-refractivity contribution < 1.29 is 4.79 Å². The Labute approximate surface area is 224 Å². The Morgan fingerprint density at radius 3 is 2.82 bits per heavy atom. The van der Waals surface area contributed by atoms with Gasteiger partial charge in [0.05, 0.1) is 47.2 Å². The molecule has 0 bridgehead atoms. The number of hydrogen-bond donors (Lipinski definition) is 0. The van der Waals surface area contributed by atoms with Crippen molar-refractivity contribution in [3.05, 3.63) is 64.4 Å². The number of aliphatic imine (C=N–C) groups is 1. The number of benzene rings is 1. The van der Waals surface area contributed by atoms with E-state index in [1.807, 2.05) is 64.6 Å². The van der Waals surface area contributed by atoms with Crippen molar-refractivity contribution in [3.63, 3.8) is 0 Å². The molecule has 0 spiro atoms. The van der Waals surface area contributed by atoms with Crippen LogP contribution in [-0.4, -0.2) is 55.2 Å². The third-order valence-electron chi connectivity index (χ3n) is 7.55. The number of urea groups is 1. The Morgan fingerprint density at radius 1 is 1.21 bits per heavy atom. The standard InChI is InChI=1S/C28H25ClN8O/c1-16-12-35-26(32-16)24-25(23-9-18(11-30)13-34(23)2)37(33-27(24)36(28(35)38)14-17-3-4-17)15-19-7-8-31-22-6-5-20(29)10-21(19)22/h5-10,13,16-17H,3-4,12,14-15H2,1-2H3. The number of halogens is 1. The average Bonchev–Trinajstić information content (AvgIpc) is 3.35. The summed E-state index contributed by atoms with van der Waals surface area (Å²) in [5.41, 5.74) is 4.94. The minimum absolute atomic E-state index is 0.00626. The Hall–Kier alpha value is -4.16. The molecule has 10 heteroatoms. The molecule has 1 aliphatic carbocycles. The summed E-state index contributed by atoms with van der Waals surface area (Å²) in [6.07, 6.45) is 5.85. The predicted molar refractivity (Wildman–Crippen MR) is 145 cm³/mol. The number of anilines is 1. The molecule has 2 aliphatic heterocycles. The molecule has 38 heavy (non-hydrogen) atoms. The van der Waals surface area contributed by atoms with Gasteiger partial charge < -0.3 is 4.57 Å². The zero-order valence-corrected chi connectivity index (χ0v) is 21.9. The summed E-state index contributed by atoms with van der Waals surface area (Å²) in [4.78, 5) is 26.7. The van der Waals surface area contributed by atoms with E-state index in [9.17, 15) is 10.1 Å². The van der Waals surface area contributed by atoms with Crippen LogP contribution in [0, 0.1) is 17.2 Å². The summed E-state index contributed by atoms with van der Waals surface area (Å²) in [5.74, 6) is 1.79. The number of amides is 2. The molecular weight excluding hydrogens is 500 g/mol. The molecule has 1 fully saturated rings. The molecule has 0 radical (unpaired) electrons. The smallest absolute Gasteiger partial charge is 0.331 e. The first-order chi connectivity index (χ1) is 18.4. The molecule has 2 amide bonds. The van der Waals surface area contributed by atoms with Crippen LogP contribution in [-0.2, 0) is 13.6 Å². The highest BCUT2D eigenvalue weighted by Crippen LogP contribution is 2.41. The van der Waals surface area contributed by atoms with Gasteiger partial charge in [-0.2, -0.15) is 10.4 Å². The zero-order valence-electron chi connectivity index (χ0n) is 21.1. The van der Waals surface area contributed by atoms with Crippen LogP contribution in [0.3, 0.4) is 0 Å². The fourth-order valence-corrected chi connectivity index (χ4v) is 5.72. The maximum absolute atomic E-state index is 13.7. The lowest BCUT2D eigenvalue weighted by molar-refractivity contribution is 0.227. The average molecular weight is 525 g/mol. The summed E-state index contributed by atoms with van der Waals surface area (Å²) in [6.45, 7) is 3.65. The van der Waals surface area contributed by atoms with Crippen molar-refractivity contribution in [3.8, 4) is 17.5 Å². The number of amidine groups is 1. The van der Waals surface area contributed by atoms with E-state index in [1.54, 1.807) is 11.1 Å². The first-order valence-corrected chi connectivity index (χ1v) is 13.2. The van der Waals surface area contributed by atoms with Gasteiger partial charge in [0.15, 0.2) is 5.82 Å². The molecule has 0 N–H and O–H groups in total. The number of carbonyl (C=O) groups excluding carboxylic acids is 1. The highest BCUT2D eigenvalue weighted by atomic mass is 35.5. The van der Waals surface area contributed by atoms with Crippen LogP contribution >= 0.6 is 11.6 Å². The molecule has 3 aromatic heterocycles. The second-order valence-corrected chi connectivity index (χ2v) is 10.9. The third kappa shape index (κ3) is 3.59. The van der Waals surface area contributed by atoms with Crippen LogP contribution in [0.5, 0.6) is 0 Å². The highest BCUT2D eigenvalue weighted by Gasteiger charge is 2.45. The van der Waals surface area contributed by atoms with Crippen molar-refractivity contribution in [2.45, 2.75) is 32.4 Å².